The zero-order chi connectivity index (χ0) is 25.7. The molecule has 5 atom stereocenters. The number of hydrogen-bond donors (Lipinski definition) is 8. The van der Waals surface area contributed by atoms with Gasteiger partial charge in [-0.1, -0.05) is 20.3 Å². The first kappa shape index (κ1) is 30.1. The fourth-order valence-electron chi connectivity index (χ4n) is 2.66. The van der Waals surface area contributed by atoms with Crippen LogP contribution < -0.4 is 33.2 Å². The number of nitrogens with two attached hydrogens (primary N) is 3. The predicted molar refractivity (Wildman–Crippen MR) is 122 cm³/mol. The molecule has 0 aromatic rings. The molecule has 0 aromatic heterocycles. The first-order chi connectivity index (χ1) is 15.3. The number of aliphatic carboxylic acids is 1. The van der Waals surface area contributed by atoms with E-state index in [0.717, 1.165) is 0 Å². The van der Waals surface area contributed by atoms with Crippen LogP contribution in [0.4, 0.5) is 0 Å². The van der Waals surface area contributed by atoms with Crippen LogP contribution in [0.1, 0.15) is 46.0 Å². The average molecular weight is 491 g/mol. The summed E-state index contributed by atoms with van der Waals surface area (Å²) in [5, 5.41) is 16.4. The van der Waals surface area contributed by atoms with Crippen LogP contribution >= 0.6 is 12.6 Å². The molecule has 10 N–H and O–H groups in total. The number of carbonyl (C=O) groups is 6. The van der Waals surface area contributed by atoms with Gasteiger partial charge in [0.05, 0.1) is 6.04 Å². The molecule has 188 valence electrons. The maximum Gasteiger partial charge on any atom is 0.326 e. The van der Waals surface area contributed by atoms with Gasteiger partial charge >= 0.3 is 5.97 Å². The van der Waals surface area contributed by atoms with Gasteiger partial charge in [-0.3, -0.25) is 24.0 Å². The number of amides is 5. The second kappa shape index (κ2) is 15.1. The van der Waals surface area contributed by atoms with E-state index in [1.54, 1.807) is 13.8 Å². The summed E-state index contributed by atoms with van der Waals surface area (Å²) in [5.74, 6) is -5.42. The Kier molecular flexibility index (Phi) is 13.7. The Morgan fingerprint density at radius 2 is 1.36 bits per heavy atom. The number of rotatable bonds is 16. The number of carbonyl (C=O) groups excluding carboxylic acids is 5. The zero-order valence-corrected chi connectivity index (χ0v) is 19.6. The molecule has 0 aliphatic heterocycles. The number of nitrogens with one attached hydrogen (secondary N) is 3. The van der Waals surface area contributed by atoms with Crippen molar-refractivity contribution in [2.45, 2.75) is 70.1 Å². The first-order valence-electron chi connectivity index (χ1n) is 10.4. The molecule has 13 nitrogen and oxygen atoms in total. The van der Waals surface area contributed by atoms with Gasteiger partial charge in [0.2, 0.25) is 29.5 Å². The smallest absolute Gasteiger partial charge is 0.326 e. The molecule has 0 aromatic carbocycles. The van der Waals surface area contributed by atoms with Gasteiger partial charge < -0.3 is 38.3 Å². The third kappa shape index (κ3) is 11.5. The topological polar surface area (TPSA) is 237 Å². The fraction of sp³-hybridized carbons (Fsp3) is 0.684. The Morgan fingerprint density at radius 3 is 1.82 bits per heavy atom. The van der Waals surface area contributed by atoms with Crippen molar-refractivity contribution in [3.05, 3.63) is 0 Å². The van der Waals surface area contributed by atoms with Gasteiger partial charge in [-0.15, -0.1) is 0 Å². The Balaban J connectivity index is 5.27. The maximum atomic E-state index is 12.8. The minimum Gasteiger partial charge on any atom is -0.480 e. The van der Waals surface area contributed by atoms with Crippen molar-refractivity contribution in [1.82, 2.24) is 16.0 Å². The van der Waals surface area contributed by atoms with E-state index in [4.69, 9.17) is 17.2 Å². The van der Waals surface area contributed by atoms with Crippen molar-refractivity contribution in [2.24, 2.45) is 23.1 Å². The van der Waals surface area contributed by atoms with Crippen LogP contribution in [0.15, 0.2) is 0 Å². The van der Waals surface area contributed by atoms with Crippen LogP contribution in [0.2, 0.25) is 0 Å². The monoisotopic (exact) mass is 490 g/mol. The van der Waals surface area contributed by atoms with Crippen molar-refractivity contribution in [3.63, 3.8) is 0 Å². The zero-order valence-electron chi connectivity index (χ0n) is 18.7. The van der Waals surface area contributed by atoms with Crippen molar-refractivity contribution < 1.29 is 33.9 Å². The Labute approximate surface area is 197 Å². The molecule has 0 bridgehead atoms. The molecular formula is C19H34N6O7S. The number of primary amides is 2. The third-order valence-corrected chi connectivity index (χ3v) is 5.31. The Morgan fingerprint density at radius 1 is 0.848 bits per heavy atom. The summed E-state index contributed by atoms with van der Waals surface area (Å²) < 4.78 is 0. The van der Waals surface area contributed by atoms with E-state index >= 15 is 0 Å². The third-order valence-electron chi connectivity index (χ3n) is 4.94. The second-order valence-corrected chi connectivity index (χ2v) is 8.00. The van der Waals surface area contributed by atoms with Crippen molar-refractivity contribution >= 4 is 48.1 Å². The summed E-state index contributed by atoms with van der Waals surface area (Å²) in [5.41, 5.74) is 15.8. The van der Waals surface area contributed by atoms with E-state index in [1.165, 1.54) is 0 Å². The number of thiol groups is 1. The lowest BCUT2D eigenvalue weighted by molar-refractivity contribution is -0.142. The molecular weight excluding hydrogens is 456 g/mol. The van der Waals surface area contributed by atoms with Gasteiger partial charge in [-0.05, 0) is 18.8 Å². The fourth-order valence-corrected chi connectivity index (χ4v) is 2.92. The number of carboxylic acid groups (broad SMARTS) is 1. The molecule has 0 spiro atoms. The predicted octanol–water partition coefficient (Wildman–Crippen LogP) is -2.64. The van der Waals surface area contributed by atoms with E-state index < -0.39 is 59.7 Å². The molecule has 14 heteroatoms. The molecule has 0 saturated carbocycles. The largest absolute Gasteiger partial charge is 0.480 e. The standard InChI is InChI=1S/C19H34N6O7S/c1-3-9(2)15(25-16(28)10(20)4-6-13(21)26)18(30)24-12(8-33)17(29)23-11(19(31)32)5-7-14(22)27/h9-12,15,33H,3-8,20H2,1-2H3,(H2,21,26)(H2,22,27)(H,23,29)(H,24,30)(H,25,28)(H,31,32). The van der Waals surface area contributed by atoms with Crippen LogP contribution in [0, 0.1) is 5.92 Å². The van der Waals surface area contributed by atoms with E-state index in [-0.39, 0.29) is 37.4 Å². The highest BCUT2D eigenvalue weighted by Crippen LogP contribution is 2.10. The van der Waals surface area contributed by atoms with Crippen LogP contribution in [-0.4, -0.2) is 70.5 Å². The lowest BCUT2D eigenvalue weighted by Crippen LogP contribution is -2.59. The molecule has 0 radical (unpaired) electrons. The Bertz CT molecular complexity index is 735. The average Bonchev–Trinajstić information content (AvgIpc) is 2.75. The molecule has 33 heavy (non-hydrogen) atoms. The molecule has 0 saturated heterocycles. The summed E-state index contributed by atoms with van der Waals surface area (Å²) in [6.45, 7) is 3.50. The highest BCUT2D eigenvalue weighted by molar-refractivity contribution is 7.80. The van der Waals surface area contributed by atoms with Crippen LogP contribution in [0.25, 0.3) is 0 Å². The normalized spacial score (nSPS) is 15.3. The van der Waals surface area contributed by atoms with Crippen LogP contribution in [0.5, 0.6) is 0 Å². The Hall–Kier alpha value is -2.87. The van der Waals surface area contributed by atoms with Gasteiger partial charge in [0, 0.05) is 18.6 Å². The van der Waals surface area contributed by atoms with Gasteiger partial charge in [-0.2, -0.15) is 12.6 Å². The van der Waals surface area contributed by atoms with Crippen LogP contribution in [0.3, 0.4) is 0 Å². The molecule has 0 heterocycles. The van der Waals surface area contributed by atoms with Gasteiger partial charge in [0.1, 0.15) is 18.1 Å². The van der Waals surface area contributed by atoms with Gasteiger partial charge in [0.15, 0.2) is 0 Å². The summed E-state index contributed by atoms with van der Waals surface area (Å²) in [7, 11) is 0. The first-order valence-corrected chi connectivity index (χ1v) is 11.0. The lowest BCUT2D eigenvalue weighted by atomic mass is 9.97. The van der Waals surface area contributed by atoms with Gasteiger partial charge in [0.25, 0.3) is 0 Å². The number of hydrogen-bond acceptors (Lipinski definition) is 8. The van der Waals surface area contributed by atoms with Crippen LogP contribution in [-0.2, 0) is 28.8 Å². The highest BCUT2D eigenvalue weighted by atomic mass is 32.1. The maximum absolute atomic E-state index is 12.8. The molecule has 0 fully saturated rings. The van der Waals surface area contributed by atoms with E-state index in [9.17, 15) is 33.9 Å². The van der Waals surface area contributed by atoms with E-state index in [2.05, 4.69) is 28.6 Å². The van der Waals surface area contributed by atoms with E-state index in [0.29, 0.717) is 6.42 Å². The molecule has 0 aliphatic carbocycles. The second-order valence-electron chi connectivity index (χ2n) is 7.63. The van der Waals surface area contributed by atoms with Crippen molar-refractivity contribution in [1.29, 1.82) is 0 Å². The molecule has 5 amide bonds. The molecule has 5 unspecified atom stereocenters. The van der Waals surface area contributed by atoms with Crippen molar-refractivity contribution in [3.8, 4) is 0 Å². The summed E-state index contributed by atoms with van der Waals surface area (Å²) in [6, 6.07) is -4.73. The minimum atomic E-state index is -1.39. The summed E-state index contributed by atoms with van der Waals surface area (Å²) in [4.78, 5) is 70.8. The van der Waals surface area contributed by atoms with Crippen molar-refractivity contribution in [2.75, 3.05) is 5.75 Å². The SMILES string of the molecule is CCC(C)C(NC(=O)C(N)CCC(N)=O)C(=O)NC(CS)C(=O)NC(CCC(N)=O)C(=O)O. The molecule has 0 aliphatic rings. The minimum absolute atomic E-state index is 0.000434. The highest BCUT2D eigenvalue weighted by Gasteiger charge is 2.32. The summed E-state index contributed by atoms with van der Waals surface area (Å²) in [6.07, 6.45) is -0.0801. The lowest BCUT2D eigenvalue weighted by Gasteiger charge is -2.27. The molecule has 0 rings (SSSR count). The quantitative estimate of drug-likeness (QED) is 0.106. The summed E-state index contributed by atoms with van der Waals surface area (Å²) >= 11 is 4.03. The number of carboxylic acids is 1. The van der Waals surface area contributed by atoms with Gasteiger partial charge in [-0.25, -0.2) is 4.79 Å². The van der Waals surface area contributed by atoms with E-state index in [1.807, 2.05) is 0 Å².